The molecule has 1 heterocycles. The molecule has 0 N–H and O–H groups in total. The number of ether oxygens (including phenoxy) is 2. The van der Waals surface area contributed by atoms with Crippen LogP contribution in [0.2, 0.25) is 0 Å². The maximum atomic E-state index is 12.7. The molecule has 1 amide bonds. The number of hydrogen-bond acceptors (Lipinski definition) is 5. The highest BCUT2D eigenvalue weighted by Gasteiger charge is 2.30. The Balaban J connectivity index is 1.64. The van der Waals surface area contributed by atoms with Crippen molar-refractivity contribution in [2.24, 2.45) is 0 Å². The van der Waals surface area contributed by atoms with Crippen molar-refractivity contribution in [2.45, 2.75) is 12.7 Å². The third-order valence-electron chi connectivity index (χ3n) is 4.61. The van der Waals surface area contributed by atoms with E-state index in [1.54, 1.807) is 53.4 Å². The maximum absolute atomic E-state index is 12.7. The predicted molar refractivity (Wildman–Crippen MR) is 117 cm³/mol. The Kier molecular flexibility index (Phi) is 7.89. The number of halogens is 3. The Labute approximate surface area is 190 Å². The van der Waals surface area contributed by atoms with Gasteiger partial charge in [0.15, 0.2) is 0 Å². The molecule has 2 aromatic carbocycles. The lowest BCUT2D eigenvalue weighted by Crippen LogP contribution is -2.38. The molecule has 174 valence electrons. The molecular weight excluding hydrogens is 435 g/mol. The molecule has 0 unspecified atom stereocenters. The number of nitrogens with zero attached hydrogens (tertiary/aromatic N) is 3. The molecule has 0 saturated carbocycles. The van der Waals surface area contributed by atoms with Crippen molar-refractivity contribution in [1.82, 2.24) is 14.8 Å². The summed E-state index contributed by atoms with van der Waals surface area (Å²) < 4.78 is 49.0. The number of para-hydroxylation sites is 1. The lowest BCUT2D eigenvalue weighted by Gasteiger charge is -2.24. The number of carbonyl (C=O) groups is 1. The predicted octanol–water partition coefficient (Wildman–Crippen LogP) is 5.46. The first-order chi connectivity index (χ1) is 15.7. The number of pyridine rings is 1. The van der Waals surface area contributed by atoms with Crippen molar-refractivity contribution in [3.63, 3.8) is 0 Å². The molecule has 3 aromatic rings. The number of alkyl halides is 3. The van der Waals surface area contributed by atoms with Gasteiger partial charge in [-0.3, -0.25) is 0 Å². The van der Waals surface area contributed by atoms with Gasteiger partial charge in [0.2, 0.25) is 5.88 Å². The highest BCUT2D eigenvalue weighted by Crippen LogP contribution is 2.30. The minimum absolute atomic E-state index is 0.0507. The fraction of sp³-hybridized carbons (Fsp3) is 0.250. The van der Waals surface area contributed by atoms with Gasteiger partial charge < -0.3 is 19.3 Å². The number of aromatic nitrogens is 1. The van der Waals surface area contributed by atoms with Gasteiger partial charge in [0, 0.05) is 31.9 Å². The van der Waals surface area contributed by atoms with Crippen molar-refractivity contribution in [3.8, 4) is 17.4 Å². The van der Waals surface area contributed by atoms with Gasteiger partial charge in [-0.2, -0.15) is 13.2 Å². The second-order valence-electron chi connectivity index (χ2n) is 7.53. The number of rotatable bonds is 8. The van der Waals surface area contributed by atoms with Gasteiger partial charge in [-0.05, 0) is 50.0 Å². The van der Waals surface area contributed by atoms with Gasteiger partial charge in [-0.15, -0.1) is 0 Å². The van der Waals surface area contributed by atoms with Crippen LogP contribution in [0, 0.1) is 0 Å². The first kappa shape index (κ1) is 24.1. The minimum Gasteiger partial charge on any atom is -0.439 e. The average molecular weight is 459 g/mol. The van der Waals surface area contributed by atoms with E-state index >= 15 is 0 Å². The van der Waals surface area contributed by atoms with Gasteiger partial charge in [0.1, 0.15) is 11.5 Å². The fourth-order valence-electron chi connectivity index (χ4n) is 2.82. The van der Waals surface area contributed by atoms with E-state index in [1.807, 2.05) is 25.1 Å². The van der Waals surface area contributed by atoms with Crippen LogP contribution < -0.4 is 9.47 Å². The minimum atomic E-state index is -4.45. The van der Waals surface area contributed by atoms with Crippen LogP contribution in [0.25, 0.3) is 0 Å². The number of benzene rings is 2. The molecule has 0 aliphatic carbocycles. The fourth-order valence-corrected chi connectivity index (χ4v) is 2.82. The summed E-state index contributed by atoms with van der Waals surface area (Å²) in [6.07, 6.45) is -4.19. The molecule has 0 aliphatic rings. The molecule has 3 rings (SSSR count). The zero-order valence-electron chi connectivity index (χ0n) is 18.2. The molecule has 0 fully saturated rings. The molecular formula is C24H24F3N3O3. The molecule has 6 nitrogen and oxygen atoms in total. The van der Waals surface area contributed by atoms with Crippen molar-refractivity contribution < 1.29 is 27.4 Å². The van der Waals surface area contributed by atoms with E-state index in [0.717, 1.165) is 17.8 Å². The summed E-state index contributed by atoms with van der Waals surface area (Å²) in [4.78, 5) is 20.0. The number of likely N-dealkylation sites (N-methyl/N-ethyl adjacent to an activating group) is 1. The molecule has 1 aromatic heterocycles. The van der Waals surface area contributed by atoms with E-state index in [4.69, 9.17) is 9.47 Å². The van der Waals surface area contributed by atoms with Gasteiger partial charge in [-0.1, -0.05) is 30.3 Å². The van der Waals surface area contributed by atoms with E-state index in [9.17, 15) is 18.0 Å². The summed E-state index contributed by atoms with van der Waals surface area (Å²) in [5.41, 5.74) is -0.00287. The highest BCUT2D eigenvalue weighted by atomic mass is 19.4. The van der Waals surface area contributed by atoms with Crippen LogP contribution in [-0.4, -0.2) is 48.1 Å². The second-order valence-corrected chi connectivity index (χ2v) is 7.53. The van der Waals surface area contributed by atoms with E-state index in [-0.39, 0.29) is 5.88 Å². The largest absolute Gasteiger partial charge is 0.439 e. The van der Waals surface area contributed by atoms with E-state index in [2.05, 4.69) is 4.98 Å². The quantitative estimate of drug-likeness (QED) is 0.448. The molecule has 33 heavy (non-hydrogen) atoms. The lowest BCUT2D eigenvalue weighted by molar-refractivity contribution is -0.137. The Bertz CT molecular complexity index is 1020. The summed E-state index contributed by atoms with van der Waals surface area (Å²) in [6, 6.07) is 17.8. The standard InChI is InChI=1S/C24H24F3N3O3/c1-29(2)14-15-30(23(31)33-20-6-4-3-5-7-20)17-18-8-11-21(12-9-18)32-22-13-10-19(16-28-22)24(25,26)27/h3-13,16H,14-15,17H2,1-2H3. The van der Waals surface area contributed by atoms with Gasteiger partial charge in [0.05, 0.1) is 5.56 Å². The van der Waals surface area contributed by atoms with Crippen LogP contribution in [0.3, 0.4) is 0 Å². The molecule has 0 atom stereocenters. The SMILES string of the molecule is CN(C)CCN(Cc1ccc(Oc2ccc(C(F)(F)F)cn2)cc1)C(=O)Oc1ccccc1. The van der Waals surface area contributed by atoms with Gasteiger partial charge >= 0.3 is 12.3 Å². The number of carbonyl (C=O) groups excluding carboxylic acids is 1. The molecule has 0 spiro atoms. The smallest absolute Gasteiger partial charge is 0.417 e. The Hall–Kier alpha value is -3.59. The summed E-state index contributed by atoms with van der Waals surface area (Å²) in [6.45, 7) is 1.44. The zero-order chi connectivity index (χ0) is 23.8. The van der Waals surface area contributed by atoms with E-state index in [1.165, 1.54) is 6.07 Å². The summed E-state index contributed by atoms with van der Waals surface area (Å²) in [7, 11) is 3.84. The van der Waals surface area contributed by atoms with Crippen LogP contribution in [0.5, 0.6) is 17.4 Å². The van der Waals surface area contributed by atoms with Crippen LogP contribution in [0.4, 0.5) is 18.0 Å². The van der Waals surface area contributed by atoms with Crippen molar-refractivity contribution in [1.29, 1.82) is 0 Å². The summed E-state index contributed by atoms with van der Waals surface area (Å²) in [5, 5.41) is 0. The lowest BCUT2D eigenvalue weighted by atomic mass is 10.2. The van der Waals surface area contributed by atoms with Crippen LogP contribution in [0.15, 0.2) is 72.9 Å². The first-order valence-corrected chi connectivity index (χ1v) is 10.2. The second kappa shape index (κ2) is 10.8. The van der Waals surface area contributed by atoms with E-state index in [0.29, 0.717) is 31.1 Å². The summed E-state index contributed by atoms with van der Waals surface area (Å²) >= 11 is 0. The van der Waals surface area contributed by atoms with Crippen molar-refractivity contribution in [3.05, 3.63) is 84.1 Å². The molecule has 0 aliphatic heterocycles. The topological polar surface area (TPSA) is 54.9 Å². The molecule has 0 saturated heterocycles. The van der Waals surface area contributed by atoms with Crippen LogP contribution in [-0.2, 0) is 12.7 Å². The van der Waals surface area contributed by atoms with Crippen LogP contribution >= 0.6 is 0 Å². The monoisotopic (exact) mass is 459 g/mol. The Morgan fingerprint density at radius 3 is 2.18 bits per heavy atom. The highest BCUT2D eigenvalue weighted by molar-refractivity contribution is 5.70. The zero-order valence-corrected chi connectivity index (χ0v) is 18.2. The molecule has 0 radical (unpaired) electrons. The first-order valence-electron chi connectivity index (χ1n) is 10.2. The summed E-state index contributed by atoms with van der Waals surface area (Å²) in [5.74, 6) is 0.928. The average Bonchev–Trinajstić information content (AvgIpc) is 2.78. The Morgan fingerprint density at radius 1 is 0.909 bits per heavy atom. The third kappa shape index (κ3) is 7.50. The Morgan fingerprint density at radius 2 is 1.61 bits per heavy atom. The number of amides is 1. The van der Waals surface area contributed by atoms with Gasteiger partial charge in [-0.25, -0.2) is 9.78 Å². The molecule has 0 bridgehead atoms. The van der Waals surface area contributed by atoms with Gasteiger partial charge in [0.25, 0.3) is 0 Å². The van der Waals surface area contributed by atoms with E-state index < -0.39 is 17.8 Å². The normalized spacial score (nSPS) is 11.3. The van der Waals surface area contributed by atoms with Crippen LogP contribution in [0.1, 0.15) is 11.1 Å². The van der Waals surface area contributed by atoms with Crippen molar-refractivity contribution >= 4 is 6.09 Å². The van der Waals surface area contributed by atoms with Crippen molar-refractivity contribution in [2.75, 3.05) is 27.2 Å². The maximum Gasteiger partial charge on any atom is 0.417 e. The molecule has 9 heteroatoms. The third-order valence-corrected chi connectivity index (χ3v) is 4.61. The number of hydrogen-bond donors (Lipinski definition) is 0.